The van der Waals surface area contributed by atoms with E-state index in [2.05, 4.69) is 28.4 Å². The normalized spacial score (nSPS) is 11.0. The molecule has 3 rings (SSSR count). The summed E-state index contributed by atoms with van der Waals surface area (Å²) in [6, 6.07) is 10.0. The van der Waals surface area contributed by atoms with E-state index >= 15 is 0 Å². The molecule has 0 saturated heterocycles. The molecule has 19 heavy (non-hydrogen) atoms. The number of fused-ring (bicyclic) bond motifs is 1. The molecule has 0 fully saturated rings. The Morgan fingerprint density at radius 3 is 2.79 bits per heavy atom. The Kier molecular flexibility index (Phi) is 3.40. The molecule has 3 nitrogen and oxygen atoms in total. The van der Waals surface area contributed by atoms with Crippen LogP contribution in [0.15, 0.2) is 40.5 Å². The van der Waals surface area contributed by atoms with Gasteiger partial charge in [0.25, 0.3) is 5.56 Å². The van der Waals surface area contributed by atoms with Crippen LogP contribution >= 0.6 is 23.1 Å². The summed E-state index contributed by atoms with van der Waals surface area (Å²) in [6.45, 7) is 0. The lowest BCUT2D eigenvalue weighted by Gasteiger charge is -2.03. The third-order valence-corrected chi connectivity index (χ3v) is 4.38. The van der Waals surface area contributed by atoms with Crippen molar-refractivity contribution < 1.29 is 0 Å². The number of nitrogens with one attached hydrogen (secondary N) is 1. The maximum Gasteiger partial charge on any atom is 0.269 e. The number of thiophene rings is 1. The molecule has 0 amide bonds. The van der Waals surface area contributed by atoms with E-state index in [0.717, 1.165) is 16.8 Å². The van der Waals surface area contributed by atoms with Crippen molar-refractivity contribution in [3.05, 3.63) is 51.6 Å². The van der Waals surface area contributed by atoms with E-state index in [0.29, 0.717) is 10.5 Å². The van der Waals surface area contributed by atoms with Crippen LogP contribution in [-0.2, 0) is 5.75 Å². The van der Waals surface area contributed by atoms with Crippen molar-refractivity contribution in [2.45, 2.75) is 5.75 Å². The van der Waals surface area contributed by atoms with Gasteiger partial charge in [-0.3, -0.25) is 4.79 Å². The average Bonchev–Trinajstić information content (AvgIpc) is 2.89. The summed E-state index contributed by atoms with van der Waals surface area (Å²) in [5.41, 5.74) is 2.91. The van der Waals surface area contributed by atoms with E-state index in [1.165, 1.54) is 16.9 Å². The Labute approximate surface area is 118 Å². The van der Waals surface area contributed by atoms with Gasteiger partial charge in [-0.1, -0.05) is 24.3 Å². The second-order valence-corrected chi connectivity index (χ2v) is 5.96. The number of rotatable bonds is 3. The Morgan fingerprint density at radius 2 is 2.05 bits per heavy atom. The van der Waals surface area contributed by atoms with Crippen LogP contribution in [0.5, 0.6) is 0 Å². The van der Waals surface area contributed by atoms with Crippen molar-refractivity contribution in [2.24, 2.45) is 0 Å². The molecule has 0 atom stereocenters. The van der Waals surface area contributed by atoms with Crippen molar-refractivity contribution in [3.8, 4) is 11.4 Å². The monoisotopic (exact) mass is 288 g/mol. The third kappa shape index (κ3) is 2.43. The average molecular weight is 288 g/mol. The fraction of sp³-hybridized carbons (Fsp3) is 0.143. The molecule has 0 bridgehead atoms. The first-order chi connectivity index (χ1) is 9.28. The van der Waals surface area contributed by atoms with Crippen LogP contribution in [-0.4, -0.2) is 16.2 Å². The van der Waals surface area contributed by atoms with Gasteiger partial charge in [-0.15, -0.1) is 11.3 Å². The molecule has 0 unspecified atom stereocenters. The number of hydrogen-bond donors (Lipinski definition) is 1. The van der Waals surface area contributed by atoms with Crippen LogP contribution < -0.4 is 5.56 Å². The number of benzene rings is 1. The van der Waals surface area contributed by atoms with Crippen LogP contribution in [0.1, 0.15) is 5.56 Å². The quantitative estimate of drug-likeness (QED) is 0.802. The molecule has 3 aromatic rings. The van der Waals surface area contributed by atoms with E-state index < -0.39 is 0 Å². The topological polar surface area (TPSA) is 45.8 Å². The Bertz CT molecular complexity index is 759. The standard InChI is InChI=1S/C14H12N2OS2/c1-18-8-9-2-4-10(5-3-9)13-15-11-6-7-19-12(11)14(17)16-13/h2-7H,8H2,1H3,(H,15,16,17). The van der Waals surface area contributed by atoms with Crippen LogP contribution in [0.2, 0.25) is 0 Å². The van der Waals surface area contributed by atoms with Crippen LogP contribution in [0.25, 0.3) is 21.6 Å². The molecule has 1 N–H and O–H groups in total. The van der Waals surface area contributed by atoms with E-state index in [-0.39, 0.29) is 5.56 Å². The lowest BCUT2D eigenvalue weighted by Crippen LogP contribution is -2.07. The Hall–Kier alpha value is -1.59. The van der Waals surface area contributed by atoms with Gasteiger partial charge in [0.2, 0.25) is 0 Å². The molecule has 0 aliphatic heterocycles. The maximum absolute atomic E-state index is 11.9. The lowest BCUT2D eigenvalue weighted by atomic mass is 10.1. The second kappa shape index (κ2) is 5.19. The first-order valence-electron chi connectivity index (χ1n) is 5.84. The van der Waals surface area contributed by atoms with Crippen molar-refractivity contribution in [3.63, 3.8) is 0 Å². The van der Waals surface area contributed by atoms with Crippen LogP contribution in [0.4, 0.5) is 0 Å². The fourth-order valence-corrected chi connectivity index (χ4v) is 3.19. The first kappa shape index (κ1) is 12.4. The highest BCUT2D eigenvalue weighted by Crippen LogP contribution is 2.20. The van der Waals surface area contributed by atoms with Crippen molar-refractivity contribution in [1.82, 2.24) is 9.97 Å². The van der Waals surface area contributed by atoms with Gasteiger partial charge >= 0.3 is 0 Å². The van der Waals surface area contributed by atoms with Crippen LogP contribution in [0, 0.1) is 0 Å². The van der Waals surface area contributed by atoms with Gasteiger partial charge in [-0.05, 0) is 23.3 Å². The predicted molar refractivity (Wildman–Crippen MR) is 82.9 cm³/mol. The number of thioether (sulfide) groups is 1. The van der Waals surface area contributed by atoms with E-state index in [1.807, 2.05) is 23.6 Å². The van der Waals surface area contributed by atoms with Crippen LogP contribution in [0.3, 0.4) is 0 Å². The SMILES string of the molecule is CSCc1ccc(-c2nc3ccsc3c(=O)[nH]2)cc1. The summed E-state index contributed by atoms with van der Waals surface area (Å²) >= 11 is 3.21. The summed E-state index contributed by atoms with van der Waals surface area (Å²) in [4.78, 5) is 19.2. The zero-order valence-electron chi connectivity index (χ0n) is 10.3. The molecular weight excluding hydrogens is 276 g/mol. The van der Waals surface area contributed by atoms with Gasteiger partial charge in [-0.25, -0.2) is 4.98 Å². The van der Waals surface area contributed by atoms with Gasteiger partial charge in [0.1, 0.15) is 10.5 Å². The van der Waals surface area contributed by atoms with Crippen molar-refractivity contribution in [1.29, 1.82) is 0 Å². The van der Waals surface area contributed by atoms with Crippen molar-refractivity contribution >= 4 is 33.3 Å². The summed E-state index contributed by atoms with van der Waals surface area (Å²) in [7, 11) is 0. The predicted octanol–water partition coefficient (Wildman–Crippen LogP) is 3.51. The minimum atomic E-state index is -0.0665. The van der Waals surface area contributed by atoms with Gasteiger partial charge in [0, 0.05) is 11.3 Å². The second-order valence-electron chi connectivity index (χ2n) is 4.18. The highest BCUT2D eigenvalue weighted by molar-refractivity contribution is 7.97. The van der Waals surface area contributed by atoms with Gasteiger partial charge in [0.15, 0.2) is 0 Å². The lowest BCUT2D eigenvalue weighted by molar-refractivity contribution is 1.19. The molecule has 2 heterocycles. The molecule has 0 radical (unpaired) electrons. The Morgan fingerprint density at radius 1 is 1.26 bits per heavy atom. The minimum absolute atomic E-state index is 0.0665. The highest BCUT2D eigenvalue weighted by Gasteiger charge is 2.06. The van der Waals surface area contributed by atoms with Gasteiger partial charge < -0.3 is 4.98 Å². The smallest absolute Gasteiger partial charge is 0.269 e. The number of nitrogens with zero attached hydrogens (tertiary/aromatic N) is 1. The number of aromatic amines is 1. The zero-order valence-corrected chi connectivity index (χ0v) is 12.0. The summed E-state index contributed by atoms with van der Waals surface area (Å²) in [6.07, 6.45) is 2.08. The third-order valence-electron chi connectivity index (χ3n) is 2.85. The summed E-state index contributed by atoms with van der Waals surface area (Å²) in [5.74, 6) is 1.62. The minimum Gasteiger partial charge on any atom is -0.305 e. The van der Waals surface area contributed by atoms with E-state index in [1.54, 1.807) is 11.8 Å². The first-order valence-corrected chi connectivity index (χ1v) is 8.11. The van der Waals surface area contributed by atoms with E-state index in [4.69, 9.17) is 0 Å². The largest absolute Gasteiger partial charge is 0.305 e. The fourth-order valence-electron chi connectivity index (χ4n) is 1.94. The number of hydrogen-bond acceptors (Lipinski definition) is 4. The molecule has 1 aromatic carbocycles. The number of aromatic nitrogens is 2. The van der Waals surface area contributed by atoms with Gasteiger partial charge in [-0.2, -0.15) is 11.8 Å². The van der Waals surface area contributed by atoms with Crippen molar-refractivity contribution in [2.75, 3.05) is 6.26 Å². The summed E-state index contributed by atoms with van der Waals surface area (Å²) in [5, 5.41) is 1.89. The molecule has 0 aliphatic rings. The molecule has 0 saturated carbocycles. The molecule has 2 aromatic heterocycles. The Balaban J connectivity index is 2.05. The maximum atomic E-state index is 11.9. The molecule has 96 valence electrons. The molecule has 0 spiro atoms. The molecule has 0 aliphatic carbocycles. The zero-order chi connectivity index (χ0) is 13.2. The highest BCUT2D eigenvalue weighted by atomic mass is 32.2. The number of H-pyrrole nitrogens is 1. The summed E-state index contributed by atoms with van der Waals surface area (Å²) < 4.78 is 0.683. The molecular formula is C14H12N2OS2. The molecule has 5 heteroatoms. The van der Waals surface area contributed by atoms with E-state index in [9.17, 15) is 4.79 Å². The van der Waals surface area contributed by atoms with Gasteiger partial charge in [0.05, 0.1) is 5.52 Å².